The normalized spacial score (nSPS) is 20.3. The number of benzene rings is 1. The molecule has 2 nitrogen and oxygen atoms in total. The quantitative estimate of drug-likeness (QED) is 0.857. The van der Waals surface area contributed by atoms with Crippen molar-refractivity contribution in [2.24, 2.45) is 11.1 Å². The maximum atomic E-state index is 10.6. The second kappa shape index (κ2) is 5.41. The van der Waals surface area contributed by atoms with Gasteiger partial charge in [0.1, 0.15) is 0 Å². The van der Waals surface area contributed by atoms with Crippen molar-refractivity contribution in [1.82, 2.24) is 0 Å². The summed E-state index contributed by atoms with van der Waals surface area (Å²) in [6, 6.07) is 8.39. The molecule has 1 aromatic carbocycles. The lowest BCUT2D eigenvalue weighted by Crippen LogP contribution is -2.34. The van der Waals surface area contributed by atoms with Crippen LogP contribution in [0.3, 0.4) is 0 Å². The molecule has 0 aliphatic heterocycles. The average Bonchev–Trinajstić information content (AvgIpc) is 2.88. The lowest BCUT2D eigenvalue weighted by atomic mass is 9.77. The Labute approximate surface area is 110 Å². The van der Waals surface area contributed by atoms with E-state index in [1.807, 2.05) is 0 Å². The lowest BCUT2D eigenvalue weighted by molar-refractivity contribution is 0.0333. The van der Waals surface area contributed by atoms with Crippen LogP contribution < -0.4 is 5.73 Å². The average molecular weight is 247 g/mol. The van der Waals surface area contributed by atoms with Crippen LogP contribution in [0.4, 0.5) is 0 Å². The molecule has 18 heavy (non-hydrogen) atoms. The van der Waals surface area contributed by atoms with Gasteiger partial charge in [0.2, 0.25) is 0 Å². The number of aliphatic hydroxyl groups excluding tert-OH is 1. The van der Waals surface area contributed by atoms with Crippen LogP contribution in [0.1, 0.15) is 62.7 Å². The summed E-state index contributed by atoms with van der Waals surface area (Å²) in [5, 5.41) is 10.6. The van der Waals surface area contributed by atoms with Crippen molar-refractivity contribution in [3.63, 3.8) is 0 Å². The third-order valence-corrected chi connectivity index (χ3v) is 4.50. The molecule has 3 N–H and O–H groups in total. The zero-order chi connectivity index (χ0) is 13.2. The Morgan fingerprint density at radius 3 is 2.06 bits per heavy atom. The Balaban J connectivity index is 2.20. The van der Waals surface area contributed by atoms with E-state index < -0.39 is 6.10 Å². The summed E-state index contributed by atoms with van der Waals surface area (Å²) in [6.45, 7) is 4.95. The van der Waals surface area contributed by atoms with Crippen molar-refractivity contribution in [2.45, 2.75) is 51.6 Å². The van der Waals surface area contributed by atoms with Crippen molar-refractivity contribution in [1.29, 1.82) is 0 Å². The van der Waals surface area contributed by atoms with Gasteiger partial charge in [-0.1, -0.05) is 51.0 Å². The molecule has 1 aromatic rings. The van der Waals surface area contributed by atoms with Crippen LogP contribution in [0.5, 0.6) is 0 Å². The van der Waals surface area contributed by atoms with Crippen LogP contribution in [-0.4, -0.2) is 11.7 Å². The Kier molecular flexibility index (Phi) is 4.08. The highest BCUT2D eigenvalue weighted by molar-refractivity contribution is 5.27. The van der Waals surface area contributed by atoms with Gasteiger partial charge in [-0.15, -0.1) is 0 Å². The van der Waals surface area contributed by atoms with Crippen molar-refractivity contribution in [2.75, 3.05) is 6.54 Å². The molecule has 0 unspecified atom stereocenters. The summed E-state index contributed by atoms with van der Waals surface area (Å²) in [4.78, 5) is 0. The van der Waals surface area contributed by atoms with Crippen molar-refractivity contribution < 1.29 is 5.11 Å². The molecule has 0 heterocycles. The Bertz CT molecular complexity index is 377. The third-order valence-electron chi connectivity index (χ3n) is 4.50. The minimum atomic E-state index is -0.411. The molecule has 1 aliphatic rings. The van der Waals surface area contributed by atoms with Crippen LogP contribution in [0.15, 0.2) is 24.3 Å². The molecule has 1 saturated carbocycles. The van der Waals surface area contributed by atoms with Crippen molar-refractivity contribution in [3.05, 3.63) is 35.4 Å². The monoisotopic (exact) mass is 247 g/mol. The highest BCUT2D eigenvalue weighted by atomic mass is 16.3. The Morgan fingerprint density at radius 1 is 1.11 bits per heavy atom. The maximum absolute atomic E-state index is 10.6. The number of nitrogens with two attached hydrogens (primary N) is 1. The molecule has 100 valence electrons. The number of rotatable bonds is 4. The summed E-state index contributed by atoms with van der Waals surface area (Å²) in [7, 11) is 0. The summed E-state index contributed by atoms with van der Waals surface area (Å²) >= 11 is 0. The first kappa shape index (κ1) is 13.6. The topological polar surface area (TPSA) is 46.2 Å². The first-order chi connectivity index (χ1) is 8.59. The lowest BCUT2D eigenvalue weighted by Gasteiger charge is -2.33. The maximum Gasteiger partial charge on any atom is 0.0858 e. The molecule has 0 aromatic heterocycles. The van der Waals surface area contributed by atoms with E-state index in [0.717, 1.165) is 18.4 Å². The van der Waals surface area contributed by atoms with Gasteiger partial charge >= 0.3 is 0 Å². The Morgan fingerprint density at radius 2 is 1.61 bits per heavy atom. The van der Waals surface area contributed by atoms with Crippen LogP contribution >= 0.6 is 0 Å². The van der Waals surface area contributed by atoms with Gasteiger partial charge in [-0.25, -0.2) is 0 Å². The molecule has 2 heteroatoms. The van der Waals surface area contributed by atoms with Crippen LogP contribution in [-0.2, 0) is 0 Å². The van der Waals surface area contributed by atoms with E-state index in [1.165, 1.54) is 18.4 Å². The molecule has 0 bridgehead atoms. The highest BCUT2D eigenvalue weighted by Crippen LogP contribution is 2.46. The predicted octanol–water partition coefficient (Wildman–Crippen LogP) is 3.36. The second-order valence-electron chi connectivity index (χ2n) is 6.00. The fourth-order valence-corrected chi connectivity index (χ4v) is 3.09. The molecule has 1 atom stereocenters. The highest BCUT2D eigenvalue weighted by Gasteiger charge is 2.39. The number of aliphatic hydroxyl groups is 1. The number of hydrogen-bond acceptors (Lipinski definition) is 2. The zero-order valence-electron chi connectivity index (χ0n) is 11.5. The van der Waals surface area contributed by atoms with Gasteiger partial charge in [0, 0.05) is 12.0 Å². The molecule has 0 spiro atoms. The molecule has 0 saturated heterocycles. The summed E-state index contributed by atoms with van der Waals surface area (Å²) < 4.78 is 0. The second-order valence-corrected chi connectivity index (χ2v) is 6.00. The van der Waals surface area contributed by atoms with Gasteiger partial charge in [-0.05, 0) is 29.9 Å². The predicted molar refractivity (Wildman–Crippen MR) is 75.4 cm³/mol. The Hall–Kier alpha value is -0.860. The van der Waals surface area contributed by atoms with Gasteiger partial charge in [0.05, 0.1) is 6.10 Å². The summed E-state index contributed by atoms with van der Waals surface area (Å²) in [5.74, 6) is 0.533. The van der Waals surface area contributed by atoms with E-state index in [4.69, 9.17) is 5.73 Å². The van der Waals surface area contributed by atoms with Gasteiger partial charge in [0.15, 0.2) is 0 Å². The SMILES string of the molecule is CC(C)c1ccc([C@@H](O)C2(CN)CCCC2)cc1. The summed E-state index contributed by atoms with van der Waals surface area (Å²) in [6.07, 6.45) is 4.08. The van der Waals surface area contributed by atoms with E-state index >= 15 is 0 Å². The first-order valence-corrected chi connectivity index (χ1v) is 7.07. The van der Waals surface area contributed by atoms with Crippen LogP contribution in [0.2, 0.25) is 0 Å². The van der Waals surface area contributed by atoms with E-state index in [0.29, 0.717) is 12.5 Å². The minimum absolute atomic E-state index is 0.0840. The third kappa shape index (κ3) is 2.45. The van der Waals surface area contributed by atoms with Gasteiger partial charge in [-0.3, -0.25) is 0 Å². The molecule has 1 aliphatic carbocycles. The van der Waals surface area contributed by atoms with Crippen LogP contribution in [0, 0.1) is 5.41 Å². The molecule has 0 radical (unpaired) electrons. The van der Waals surface area contributed by atoms with Crippen LogP contribution in [0.25, 0.3) is 0 Å². The molecular formula is C16H25NO. The molecular weight excluding hydrogens is 222 g/mol. The summed E-state index contributed by atoms with van der Waals surface area (Å²) in [5.41, 5.74) is 8.18. The van der Waals surface area contributed by atoms with Gasteiger partial charge < -0.3 is 10.8 Å². The van der Waals surface area contributed by atoms with Gasteiger partial charge in [0.25, 0.3) is 0 Å². The van der Waals surface area contributed by atoms with E-state index in [-0.39, 0.29) is 5.41 Å². The van der Waals surface area contributed by atoms with Gasteiger partial charge in [-0.2, -0.15) is 0 Å². The molecule has 2 rings (SSSR count). The van der Waals surface area contributed by atoms with Crippen molar-refractivity contribution in [3.8, 4) is 0 Å². The van der Waals surface area contributed by atoms with Crippen molar-refractivity contribution >= 4 is 0 Å². The van der Waals surface area contributed by atoms with E-state index in [2.05, 4.69) is 38.1 Å². The zero-order valence-corrected chi connectivity index (χ0v) is 11.5. The van der Waals surface area contributed by atoms with E-state index in [9.17, 15) is 5.11 Å². The first-order valence-electron chi connectivity index (χ1n) is 7.07. The van der Waals surface area contributed by atoms with E-state index in [1.54, 1.807) is 0 Å². The fourth-order valence-electron chi connectivity index (χ4n) is 3.09. The number of hydrogen-bond donors (Lipinski definition) is 2. The molecule has 0 amide bonds. The molecule has 1 fully saturated rings. The smallest absolute Gasteiger partial charge is 0.0858 e. The standard InChI is InChI=1S/C16H25NO/c1-12(2)13-5-7-14(8-6-13)15(18)16(11-17)9-3-4-10-16/h5-8,12,15,18H,3-4,9-11,17H2,1-2H3/t15-/m1/s1. The minimum Gasteiger partial charge on any atom is -0.388 e. The fraction of sp³-hybridized carbons (Fsp3) is 0.625. The largest absolute Gasteiger partial charge is 0.388 e.